The van der Waals surface area contributed by atoms with E-state index in [2.05, 4.69) is 59.8 Å². The quantitative estimate of drug-likeness (QED) is 0.488. The highest BCUT2D eigenvalue weighted by atomic mass is 16.5. The molecule has 0 spiro atoms. The Bertz CT molecular complexity index is 1210. The van der Waals surface area contributed by atoms with Gasteiger partial charge in [-0.1, -0.05) is 42.5 Å². The predicted molar refractivity (Wildman–Crippen MR) is 125 cm³/mol. The minimum absolute atomic E-state index is 0.00802. The van der Waals surface area contributed by atoms with Gasteiger partial charge >= 0.3 is 0 Å². The van der Waals surface area contributed by atoms with Crippen molar-refractivity contribution < 1.29 is 9.53 Å². The van der Waals surface area contributed by atoms with E-state index in [4.69, 9.17) is 4.74 Å². The van der Waals surface area contributed by atoms with Crippen LogP contribution >= 0.6 is 0 Å². The number of ether oxygens (including phenoxy) is 1. The van der Waals surface area contributed by atoms with Crippen molar-refractivity contribution in [2.45, 2.75) is 32.4 Å². The monoisotopic (exact) mass is 423 g/mol. The fourth-order valence-electron chi connectivity index (χ4n) is 4.05. The average molecular weight is 424 g/mol. The zero-order chi connectivity index (χ0) is 21.9. The first kappa shape index (κ1) is 20.1. The summed E-state index contributed by atoms with van der Waals surface area (Å²) in [4.78, 5) is 12.4. The first-order chi connectivity index (χ1) is 15.6. The molecule has 160 valence electrons. The summed E-state index contributed by atoms with van der Waals surface area (Å²) in [6, 6.07) is 24.5. The minimum atomic E-state index is 0.00802. The third kappa shape index (κ3) is 4.42. The largest absolute Gasteiger partial charge is 0.490 e. The molecule has 5 nitrogen and oxygen atoms in total. The number of hydrogen-bond donors (Lipinski definition) is 1. The third-order valence-corrected chi connectivity index (χ3v) is 5.74. The molecule has 0 saturated carbocycles. The normalized spacial score (nSPS) is 14.6. The molecule has 32 heavy (non-hydrogen) atoms. The number of fused-ring (bicyclic) bond motifs is 1. The molecule has 5 heteroatoms. The minimum Gasteiger partial charge on any atom is -0.490 e. The van der Waals surface area contributed by atoms with Crippen molar-refractivity contribution >= 4 is 5.91 Å². The van der Waals surface area contributed by atoms with Crippen LogP contribution in [0, 0.1) is 0 Å². The molecular formula is C27H25N3O2. The summed E-state index contributed by atoms with van der Waals surface area (Å²) in [6.07, 6.45) is 5.20. The zero-order valence-electron chi connectivity index (χ0n) is 18.0. The van der Waals surface area contributed by atoms with Gasteiger partial charge in [-0.2, -0.15) is 5.10 Å². The van der Waals surface area contributed by atoms with Gasteiger partial charge in [-0.05, 0) is 65.1 Å². The van der Waals surface area contributed by atoms with Crippen LogP contribution in [-0.4, -0.2) is 21.8 Å². The maximum absolute atomic E-state index is 12.4. The lowest BCUT2D eigenvalue weighted by molar-refractivity contribution is -0.120. The molecule has 1 amide bonds. The lowest BCUT2D eigenvalue weighted by Crippen LogP contribution is -2.24. The van der Waals surface area contributed by atoms with Crippen LogP contribution in [0.5, 0.6) is 5.75 Å². The Morgan fingerprint density at radius 1 is 1.03 bits per heavy atom. The number of nitrogens with one attached hydrogen (secondary N) is 1. The second-order valence-electron chi connectivity index (χ2n) is 8.22. The molecule has 1 aliphatic rings. The van der Waals surface area contributed by atoms with E-state index in [1.165, 1.54) is 16.7 Å². The van der Waals surface area contributed by atoms with Crippen LogP contribution in [0.3, 0.4) is 0 Å². The van der Waals surface area contributed by atoms with Gasteiger partial charge in [-0.3, -0.25) is 4.79 Å². The van der Waals surface area contributed by atoms with Crippen molar-refractivity contribution in [1.82, 2.24) is 15.1 Å². The fourth-order valence-corrected chi connectivity index (χ4v) is 4.05. The van der Waals surface area contributed by atoms with Gasteiger partial charge in [0.15, 0.2) is 0 Å². The average Bonchev–Trinajstić information content (AvgIpc) is 3.47. The zero-order valence-corrected chi connectivity index (χ0v) is 18.0. The maximum Gasteiger partial charge on any atom is 0.224 e. The molecule has 1 N–H and O–H groups in total. The number of rotatable bonds is 6. The van der Waals surface area contributed by atoms with Crippen LogP contribution in [0.15, 0.2) is 85.2 Å². The Morgan fingerprint density at radius 3 is 2.53 bits per heavy atom. The molecule has 1 aromatic heterocycles. The Balaban J connectivity index is 1.16. The number of carbonyl (C=O) groups is 1. The molecular weight excluding hydrogens is 398 g/mol. The van der Waals surface area contributed by atoms with E-state index in [-0.39, 0.29) is 12.0 Å². The molecule has 0 radical (unpaired) electrons. The van der Waals surface area contributed by atoms with Crippen molar-refractivity contribution in [3.63, 3.8) is 0 Å². The molecule has 1 unspecified atom stereocenters. The van der Waals surface area contributed by atoms with Crippen LogP contribution in [-0.2, 0) is 24.2 Å². The highest BCUT2D eigenvalue weighted by Gasteiger charge is 2.19. The smallest absolute Gasteiger partial charge is 0.224 e. The van der Waals surface area contributed by atoms with Crippen LogP contribution in [0.1, 0.15) is 23.6 Å². The van der Waals surface area contributed by atoms with E-state index in [1.807, 2.05) is 36.5 Å². The van der Waals surface area contributed by atoms with Crippen LogP contribution < -0.4 is 10.1 Å². The Labute approximate surface area is 187 Å². The van der Waals surface area contributed by atoms with Crippen molar-refractivity contribution in [3.8, 4) is 22.6 Å². The Kier molecular flexibility index (Phi) is 5.46. The lowest BCUT2D eigenvalue weighted by atomic mass is 10.00. The first-order valence-corrected chi connectivity index (χ1v) is 10.9. The second-order valence-corrected chi connectivity index (χ2v) is 8.22. The van der Waals surface area contributed by atoms with E-state index >= 15 is 0 Å². The number of benzene rings is 3. The maximum atomic E-state index is 12.4. The van der Waals surface area contributed by atoms with Gasteiger partial charge in [0.05, 0.1) is 12.1 Å². The molecule has 1 aliphatic heterocycles. The second kappa shape index (κ2) is 8.71. The molecule has 0 bridgehead atoms. The summed E-state index contributed by atoms with van der Waals surface area (Å²) in [7, 11) is 0. The Morgan fingerprint density at radius 2 is 1.78 bits per heavy atom. The summed E-state index contributed by atoms with van der Waals surface area (Å²) < 4.78 is 7.59. The van der Waals surface area contributed by atoms with E-state index in [0.29, 0.717) is 13.0 Å². The number of amides is 1. The van der Waals surface area contributed by atoms with Crippen molar-refractivity contribution in [2.24, 2.45) is 0 Å². The van der Waals surface area contributed by atoms with E-state index in [0.717, 1.165) is 29.0 Å². The molecule has 2 heterocycles. The SMILES string of the molecule is CC1Cc2cc(-c3ccc(CNC(=O)Cc4ccc(-n5cccn5)cc4)cc3)ccc2O1. The fraction of sp³-hybridized carbons (Fsp3) is 0.185. The van der Waals surface area contributed by atoms with Crippen molar-refractivity contribution in [1.29, 1.82) is 0 Å². The summed E-state index contributed by atoms with van der Waals surface area (Å²) in [5.41, 5.74) is 6.65. The molecule has 3 aromatic carbocycles. The number of carbonyl (C=O) groups excluding carboxylic acids is 1. The van der Waals surface area contributed by atoms with Gasteiger partial charge in [-0.15, -0.1) is 0 Å². The van der Waals surface area contributed by atoms with Crippen molar-refractivity contribution in [3.05, 3.63) is 102 Å². The van der Waals surface area contributed by atoms with Gasteiger partial charge in [0.25, 0.3) is 0 Å². The van der Waals surface area contributed by atoms with Gasteiger partial charge in [-0.25, -0.2) is 4.68 Å². The molecule has 0 aliphatic carbocycles. The van der Waals surface area contributed by atoms with Crippen molar-refractivity contribution in [2.75, 3.05) is 0 Å². The first-order valence-electron chi connectivity index (χ1n) is 10.9. The van der Waals surface area contributed by atoms with Gasteiger partial charge in [0.1, 0.15) is 11.9 Å². The highest BCUT2D eigenvalue weighted by molar-refractivity contribution is 5.78. The molecule has 0 saturated heterocycles. The summed E-state index contributed by atoms with van der Waals surface area (Å²) in [6.45, 7) is 2.61. The molecule has 4 aromatic rings. The number of aromatic nitrogens is 2. The topological polar surface area (TPSA) is 56.2 Å². The van der Waals surface area contributed by atoms with Crippen LogP contribution in [0.25, 0.3) is 16.8 Å². The van der Waals surface area contributed by atoms with E-state index in [1.54, 1.807) is 10.9 Å². The third-order valence-electron chi connectivity index (χ3n) is 5.74. The molecule has 0 fully saturated rings. The summed E-state index contributed by atoms with van der Waals surface area (Å²) in [5, 5.41) is 7.23. The predicted octanol–water partition coefficient (Wildman–Crippen LogP) is 4.72. The summed E-state index contributed by atoms with van der Waals surface area (Å²) >= 11 is 0. The van der Waals surface area contributed by atoms with Crippen LogP contribution in [0.2, 0.25) is 0 Å². The number of hydrogen-bond acceptors (Lipinski definition) is 3. The number of nitrogens with zero attached hydrogens (tertiary/aromatic N) is 2. The molecule has 5 rings (SSSR count). The van der Waals surface area contributed by atoms with Gasteiger partial charge in [0.2, 0.25) is 5.91 Å². The van der Waals surface area contributed by atoms with Gasteiger partial charge < -0.3 is 10.1 Å². The van der Waals surface area contributed by atoms with Crippen LogP contribution in [0.4, 0.5) is 0 Å². The van der Waals surface area contributed by atoms with E-state index in [9.17, 15) is 4.79 Å². The van der Waals surface area contributed by atoms with Gasteiger partial charge in [0, 0.05) is 25.4 Å². The Hall–Kier alpha value is -3.86. The van der Waals surface area contributed by atoms with E-state index < -0.39 is 0 Å². The summed E-state index contributed by atoms with van der Waals surface area (Å²) in [5.74, 6) is 1.00. The highest BCUT2D eigenvalue weighted by Crippen LogP contribution is 2.32. The lowest BCUT2D eigenvalue weighted by Gasteiger charge is -2.08. The standard InChI is InChI=1S/C27H25N3O2/c1-19-15-24-17-23(9-12-26(24)32-19)22-7-3-21(4-8-22)18-28-27(31)16-20-5-10-25(11-6-20)30-14-2-13-29-30/h2-14,17,19H,15-16,18H2,1H3,(H,28,31). The molecule has 1 atom stereocenters.